The Balaban J connectivity index is 2.11. The first kappa shape index (κ1) is 13.6. The molecule has 1 aromatic carbocycles. The molecule has 0 aliphatic heterocycles. The van der Waals surface area contributed by atoms with E-state index in [0.29, 0.717) is 17.9 Å². The Morgan fingerprint density at radius 3 is 3.15 bits per heavy atom. The number of carbonyl (C=O) groups excluding carboxylic acids is 1. The highest BCUT2D eigenvalue weighted by atomic mass is 16.5. The second-order valence-corrected chi connectivity index (χ2v) is 4.10. The molecule has 2 aromatic rings. The Hall–Kier alpha value is -2.81. The van der Waals surface area contributed by atoms with Crippen molar-refractivity contribution in [3.8, 4) is 11.8 Å². The molecule has 0 unspecified atom stereocenters. The van der Waals surface area contributed by atoms with Crippen LogP contribution in [-0.2, 0) is 0 Å². The quantitative estimate of drug-likeness (QED) is 0.872. The molecule has 0 saturated heterocycles. The zero-order chi connectivity index (χ0) is 14.4. The van der Waals surface area contributed by atoms with E-state index in [0.717, 1.165) is 6.42 Å². The van der Waals surface area contributed by atoms with Crippen LogP contribution >= 0.6 is 0 Å². The fourth-order valence-corrected chi connectivity index (χ4v) is 1.60. The molecule has 0 radical (unpaired) electrons. The van der Waals surface area contributed by atoms with E-state index in [1.807, 2.05) is 13.0 Å². The van der Waals surface area contributed by atoms with Crippen LogP contribution in [0.3, 0.4) is 0 Å². The average molecular weight is 270 g/mol. The predicted octanol–water partition coefficient (Wildman–Crippen LogP) is 2.32. The summed E-state index contributed by atoms with van der Waals surface area (Å²) < 4.78 is 5.47. The fraction of sp³-hybridized carbons (Fsp3) is 0.214. The third-order valence-electron chi connectivity index (χ3n) is 2.57. The third kappa shape index (κ3) is 3.14. The van der Waals surface area contributed by atoms with Crippen molar-refractivity contribution in [2.24, 2.45) is 0 Å². The van der Waals surface area contributed by atoms with Gasteiger partial charge < -0.3 is 10.1 Å². The van der Waals surface area contributed by atoms with Gasteiger partial charge in [-0.1, -0.05) is 13.0 Å². The average Bonchev–Trinajstić information content (AvgIpc) is 2.92. The summed E-state index contributed by atoms with van der Waals surface area (Å²) in [6.07, 6.45) is 2.26. The van der Waals surface area contributed by atoms with Crippen LogP contribution in [0.15, 0.2) is 30.5 Å². The molecule has 0 bridgehead atoms. The van der Waals surface area contributed by atoms with Crippen molar-refractivity contribution in [3.05, 3.63) is 41.6 Å². The van der Waals surface area contributed by atoms with E-state index in [-0.39, 0.29) is 17.3 Å². The second kappa shape index (κ2) is 6.38. The maximum Gasteiger partial charge on any atom is 0.256 e. The summed E-state index contributed by atoms with van der Waals surface area (Å²) in [6.45, 7) is 2.61. The van der Waals surface area contributed by atoms with Crippen molar-refractivity contribution in [1.82, 2.24) is 10.2 Å². The number of amides is 1. The Labute approximate surface area is 116 Å². The zero-order valence-corrected chi connectivity index (χ0v) is 11.0. The van der Waals surface area contributed by atoms with Gasteiger partial charge in [0.1, 0.15) is 23.2 Å². The number of H-pyrrole nitrogens is 1. The lowest BCUT2D eigenvalue weighted by Gasteiger charge is -2.07. The maximum atomic E-state index is 12.1. The summed E-state index contributed by atoms with van der Waals surface area (Å²) in [5.41, 5.74) is 0.744. The number of benzene rings is 1. The van der Waals surface area contributed by atoms with Gasteiger partial charge in [-0.15, -0.1) is 0 Å². The first-order valence-corrected chi connectivity index (χ1v) is 6.22. The van der Waals surface area contributed by atoms with Gasteiger partial charge in [-0.05, 0) is 24.6 Å². The number of nitriles is 1. The minimum atomic E-state index is -0.326. The number of hydrogen-bond donors (Lipinski definition) is 2. The summed E-state index contributed by atoms with van der Waals surface area (Å²) in [7, 11) is 0. The Morgan fingerprint density at radius 2 is 2.40 bits per heavy atom. The van der Waals surface area contributed by atoms with E-state index in [9.17, 15) is 4.79 Å². The van der Waals surface area contributed by atoms with Crippen molar-refractivity contribution >= 4 is 11.7 Å². The molecule has 20 heavy (non-hydrogen) atoms. The minimum Gasteiger partial charge on any atom is -0.494 e. The molecule has 0 aliphatic rings. The molecule has 2 rings (SSSR count). The number of nitrogens with zero attached hydrogens (tertiary/aromatic N) is 2. The highest BCUT2D eigenvalue weighted by molar-refractivity contribution is 6.04. The van der Waals surface area contributed by atoms with Gasteiger partial charge in [0.2, 0.25) is 0 Å². The van der Waals surface area contributed by atoms with Crippen LogP contribution in [0.4, 0.5) is 5.82 Å². The number of anilines is 1. The summed E-state index contributed by atoms with van der Waals surface area (Å²) >= 11 is 0. The van der Waals surface area contributed by atoms with Crippen LogP contribution < -0.4 is 10.1 Å². The lowest BCUT2D eigenvalue weighted by atomic mass is 10.2. The summed E-state index contributed by atoms with van der Waals surface area (Å²) in [5, 5.41) is 17.7. The first-order valence-electron chi connectivity index (χ1n) is 6.22. The smallest absolute Gasteiger partial charge is 0.256 e. The molecule has 2 N–H and O–H groups in total. The van der Waals surface area contributed by atoms with E-state index >= 15 is 0 Å². The molecule has 1 heterocycles. The molecule has 6 nitrogen and oxygen atoms in total. The third-order valence-corrected chi connectivity index (χ3v) is 2.57. The van der Waals surface area contributed by atoms with Crippen LogP contribution in [0.2, 0.25) is 0 Å². The lowest BCUT2D eigenvalue weighted by Crippen LogP contribution is -2.13. The predicted molar refractivity (Wildman–Crippen MR) is 73.5 cm³/mol. The van der Waals surface area contributed by atoms with Crippen molar-refractivity contribution in [1.29, 1.82) is 5.26 Å². The molecule has 6 heteroatoms. The van der Waals surface area contributed by atoms with Crippen LogP contribution in [-0.4, -0.2) is 22.7 Å². The van der Waals surface area contributed by atoms with Gasteiger partial charge in [0, 0.05) is 5.56 Å². The van der Waals surface area contributed by atoms with Gasteiger partial charge in [-0.25, -0.2) is 0 Å². The van der Waals surface area contributed by atoms with E-state index in [2.05, 4.69) is 15.5 Å². The Bertz CT molecular complexity index is 643. The number of rotatable bonds is 5. The molecule has 0 saturated carbocycles. The standard InChI is InChI=1S/C14H14N4O2/c1-2-6-20-12-5-3-4-10(7-12)14(19)17-13-11(8-15)9-16-18-13/h3-5,7,9H,2,6H2,1H3,(H2,16,17,18,19). The first-order chi connectivity index (χ1) is 9.74. The molecule has 0 fully saturated rings. The molecular weight excluding hydrogens is 256 g/mol. The molecule has 1 aromatic heterocycles. The van der Waals surface area contributed by atoms with Gasteiger partial charge in [-0.2, -0.15) is 10.4 Å². The highest BCUT2D eigenvalue weighted by Gasteiger charge is 2.11. The van der Waals surface area contributed by atoms with Crippen molar-refractivity contribution < 1.29 is 9.53 Å². The van der Waals surface area contributed by atoms with Crippen molar-refractivity contribution in [2.75, 3.05) is 11.9 Å². The number of carbonyl (C=O) groups is 1. The second-order valence-electron chi connectivity index (χ2n) is 4.10. The number of hydrogen-bond acceptors (Lipinski definition) is 4. The van der Waals surface area contributed by atoms with Crippen LogP contribution in [0.1, 0.15) is 29.3 Å². The highest BCUT2D eigenvalue weighted by Crippen LogP contribution is 2.16. The molecule has 102 valence electrons. The Kier molecular flexibility index (Phi) is 4.35. The minimum absolute atomic E-state index is 0.289. The zero-order valence-electron chi connectivity index (χ0n) is 11.0. The summed E-state index contributed by atoms with van der Waals surface area (Å²) in [4.78, 5) is 12.1. The topological polar surface area (TPSA) is 90.8 Å². The maximum absolute atomic E-state index is 12.1. The number of ether oxygens (including phenoxy) is 1. The van der Waals surface area contributed by atoms with Crippen LogP contribution in [0.25, 0.3) is 0 Å². The summed E-state index contributed by atoms with van der Waals surface area (Å²) in [6, 6.07) is 8.82. The van der Waals surface area contributed by atoms with E-state index in [1.54, 1.807) is 24.3 Å². The van der Waals surface area contributed by atoms with Crippen LogP contribution in [0.5, 0.6) is 5.75 Å². The lowest BCUT2D eigenvalue weighted by molar-refractivity contribution is 0.102. The Morgan fingerprint density at radius 1 is 1.55 bits per heavy atom. The van der Waals surface area contributed by atoms with Crippen molar-refractivity contribution in [3.63, 3.8) is 0 Å². The number of nitrogens with one attached hydrogen (secondary N) is 2. The summed E-state index contributed by atoms with van der Waals surface area (Å²) in [5.74, 6) is 0.606. The molecule has 0 atom stereocenters. The van der Waals surface area contributed by atoms with Crippen LogP contribution in [0, 0.1) is 11.3 Å². The normalized spacial score (nSPS) is 9.80. The molecule has 0 spiro atoms. The molecule has 0 aliphatic carbocycles. The van der Waals surface area contributed by atoms with E-state index in [1.165, 1.54) is 6.20 Å². The van der Waals surface area contributed by atoms with Gasteiger partial charge in [0.25, 0.3) is 5.91 Å². The molecule has 1 amide bonds. The van der Waals surface area contributed by atoms with Gasteiger partial charge in [0.15, 0.2) is 0 Å². The number of aromatic amines is 1. The number of aromatic nitrogens is 2. The van der Waals surface area contributed by atoms with Crippen molar-refractivity contribution in [2.45, 2.75) is 13.3 Å². The fourth-order valence-electron chi connectivity index (χ4n) is 1.60. The monoisotopic (exact) mass is 270 g/mol. The van der Waals surface area contributed by atoms with Gasteiger partial charge in [0.05, 0.1) is 12.8 Å². The van der Waals surface area contributed by atoms with E-state index in [4.69, 9.17) is 10.00 Å². The van der Waals surface area contributed by atoms with Gasteiger partial charge >= 0.3 is 0 Å². The molecular formula is C14H14N4O2. The van der Waals surface area contributed by atoms with E-state index < -0.39 is 0 Å². The SMILES string of the molecule is CCCOc1cccc(C(=O)Nc2[nH]ncc2C#N)c1. The largest absolute Gasteiger partial charge is 0.494 e. The van der Waals surface area contributed by atoms with Gasteiger partial charge in [-0.3, -0.25) is 9.89 Å².